The second-order valence-corrected chi connectivity index (χ2v) is 5.32. The molecule has 1 amide bonds. The van der Waals surface area contributed by atoms with Crippen LogP contribution in [0.15, 0.2) is 18.2 Å². The first-order valence-corrected chi connectivity index (χ1v) is 6.26. The summed E-state index contributed by atoms with van der Waals surface area (Å²) in [5, 5.41) is 6.32. The van der Waals surface area contributed by atoms with Gasteiger partial charge in [0.05, 0.1) is 36.5 Å². The first-order chi connectivity index (χ1) is 7.74. The third-order valence-corrected chi connectivity index (χ3v) is 3.67. The molecule has 2 aliphatic heterocycles. The zero-order valence-corrected chi connectivity index (χ0v) is 10.7. The van der Waals surface area contributed by atoms with Crippen LogP contribution in [0.4, 0.5) is 11.4 Å². The number of rotatable bonds is 0. The molecule has 84 valence electrons. The lowest BCUT2D eigenvalue weighted by atomic mass is 10.0. The summed E-state index contributed by atoms with van der Waals surface area (Å²) in [6.45, 7) is 1.11. The summed E-state index contributed by atoms with van der Waals surface area (Å²) < 4.78 is 6.44. The molecule has 16 heavy (non-hydrogen) atoms. The van der Waals surface area contributed by atoms with Crippen molar-refractivity contribution in [2.75, 3.05) is 23.8 Å². The molecule has 0 spiro atoms. The van der Waals surface area contributed by atoms with Crippen LogP contribution < -0.4 is 10.6 Å². The molecule has 3 rings (SSSR count). The molecule has 0 radical (unpaired) electrons. The van der Waals surface area contributed by atoms with Gasteiger partial charge in [-0.25, -0.2) is 0 Å². The number of nitrogens with one attached hydrogen (secondary N) is 2. The van der Waals surface area contributed by atoms with Crippen molar-refractivity contribution in [1.29, 1.82) is 0 Å². The maximum Gasteiger partial charge on any atom is 0.232 e. The monoisotopic (exact) mass is 330 g/mol. The Bertz CT molecular complexity index is 450. The summed E-state index contributed by atoms with van der Waals surface area (Å²) in [6, 6.07) is 6.09. The Morgan fingerprint density at radius 3 is 3.06 bits per heavy atom. The van der Waals surface area contributed by atoms with Crippen molar-refractivity contribution in [3.63, 3.8) is 0 Å². The highest BCUT2D eigenvalue weighted by atomic mass is 127. The average molecular weight is 330 g/mol. The molecule has 1 aromatic rings. The fraction of sp³-hybridized carbons (Fsp3) is 0.364. The van der Waals surface area contributed by atoms with Crippen molar-refractivity contribution >= 4 is 39.9 Å². The lowest BCUT2D eigenvalue weighted by molar-refractivity contribution is -0.119. The molecular formula is C11H11IN2O2. The van der Waals surface area contributed by atoms with Gasteiger partial charge in [-0.3, -0.25) is 4.79 Å². The predicted molar refractivity (Wildman–Crippen MR) is 69.5 cm³/mol. The molecule has 5 heteroatoms. The van der Waals surface area contributed by atoms with E-state index in [1.165, 1.54) is 0 Å². The minimum absolute atomic E-state index is 0.0516. The highest BCUT2D eigenvalue weighted by molar-refractivity contribution is 14.1. The summed E-state index contributed by atoms with van der Waals surface area (Å²) in [7, 11) is 0. The van der Waals surface area contributed by atoms with Gasteiger partial charge in [0.1, 0.15) is 0 Å². The first kappa shape index (κ1) is 10.3. The Kier molecular flexibility index (Phi) is 2.51. The predicted octanol–water partition coefficient (Wildman–Crippen LogP) is 1.67. The highest BCUT2D eigenvalue weighted by Gasteiger charge is 2.36. The third-order valence-electron chi connectivity index (χ3n) is 3.00. The molecule has 0 saturated carbocycles. The summed E-state index contributed by atoms with van der Waals surface area (Å²) in [5.41, 5.74) is 1.85. The van der Waals surface area contributed by atoms with Gasteiger partial charge in [-0.1, -0.05) is 0 Å². The van der Waals surface area contributed by atoms with Crippen LogP contribution >= 0.6 is 22.6 Å². The molecule has 4 nitrogen and oxygen atoms in total. The first-order valence-electron chi connectivity index (χ1n) is 5.19. The Morgan fingerprint density at radius 2 is 2.19 bits per heavy atom. The summed E-state index contributed by atoms with van der Waals surface area (Å²) in [6.07, 6.45) is 0. The Balaban J connectivity index is 2.01. The van der Waals surface area contributed by atoms with Crippen LogP contribution in [-0.2, 0) is 9.53 Å². The molecule has 1 aromatic carbocycles. The Labute approximate surface area is 107 Å². The lowest BCUT2D eigenvalue weighted by Crippen LogP contribution is -2.33. The van der Waals surface area contributed by atoms with Crippen molar-refractivity contribution in [2.24, 2.45) is 5.92 Å². The van der Waals surface area contributed by atoms with E-state index in [0.29, 0.717) is 13.2 Å². The van der Waals surface area contributed by atoms with Crippen LogP contribution in [0.2, 0.25) is 0 Å². The van der Waals surface area contributed by atoms with Gasteiger partial charge >= 0.3 is 0 Å². The van der Waals surface area contributed by atoms with E-state index in [1.807, 2.05) is 18.2 Å². The molecule has 1 fully saturated rings. The van der Waals surface area contributed by atoms with E-state index in [9.17, 15) is 4.79 Å². The summed E-state index contributed by atoms with van der Waals surface area (Å²) in [5.74, 6) is -0.0270. The standard InChI is InChI=1S/C11H11IN2O2/c12-6-1-2-8-9(3-6)14-11(15)7-4-16-5-10(7)13-8/h1-3,7,10,13H,4-5H2,(H,14,15). The number of anilines is 2. The van der Waals surface area contributed by atoms with E-state index in [2.05, 4.69) is 33.2 Å². The molecule has 2 unspecified atom stereocenters. The van der Waals surface area contributed by atoms with Crippen molar-refractivity contribution < 1.29 is 9.53 Å². The highest BCUT2D eigenvalue weighted by Crippen LogP contribution is 2.31. The number of hydrogen-bond acceptors (Lipinski definition) is 3. The van der Waals surface area contributed by atoms with E-state index in [0.717, 1.165) is 14.9 Å². The number of carbonyl (C=O) groups is 1. The number of fused-ring (bicyclic) bond motifs is 2. The van der Waals surface area contributed by atoms with Crippen molar-refractivity contribution in [1.82, 2.24) is 0 Å². The van der Waals surface area contributed by atoms with Gasteiger partial charge < -0.3 is 15.4 Å². The van der Waals surface area contributed by atoms with Gasteiger partial charge in [0.15, 0.2) is 0 Å². The van der Waals surface area contributed by atoms with Gasteiger partial charge in [0.25, 0.3) is 0 Å². The van der Waals surface area contributed by atoms with Gasteiger partial charge in [-0.15, -0.1) is 0 Å². The van der Waals surface area contributed by atoms with Crippen LogP contribution in [0.3, 0.4) is 0 Å². The van der Waals surface area contributed by atoms with Crippen molar-refractivity contribution in [2.45, 2.75) is 6.04 Å². The van der Waals surface area contributed by atoms with E-state index in [4.69, 9.17) is 4.74 Å². The molecule has 2 atom stereocenters. The molecule has 0 aromatic heterocycles. The SMILES string of the molecule is O=C1Nc2cc(I)ccc2NC2COCC12. The molecule has 0 aliphatic carbocycles. The number of benzene rings is 1. The molecule has 0 bridgehead atoms. The third kappa shape index (κ3) is 1.67. The minimum atomic E-state index is -0.0786. The van der Waals surface area contributed by atoms with Crippen molar-refractivity contribution in [3.05, 3.63) is 21.8 Å². The Morgan fingerprint density at radius 1 is 1.31 bits per heavy atom. The van der Waals surface area contributed by atoms with Crippen molar-refractivity contribution in [3.8, 4) is 0 Å². The van der Waals surface area contributed by atoms with Crippen LogP contribution in [0, 0.1) is 9.49 Å². The maximum atomic E-state index is 11.9. The van der Waals surface area contributed by atoms with E-state index in [-0.39, 0.29) is 17.9 Å². The number of ether oxygens (including phenoxy) is 1. The zero-order chi connectivity index (χ0) is 11.1. The van der Waals surface area contributed by atoms with E-state index in [1.54, 1.807) is 0 Å². The molecule has 1 saturated heterocycles. The molecule has 2 N–H and O–H groups in total. The zero-order valence-electron chi connectivity index (χ0n) is 8.50. The topological polar surface area (TPSA) is 50.4 Å². The fourth-order valence-electron chi connectivity index (χ4n) is 2.13. The maximum absolute atomic E-state index is 11.9. The molecular weight excluding hydrogens is 319 g/mol. The average Bonchev–Trinajstić information content (AvgIpc) is 2.65. The van der Waals surface area contributed by atoms with Gasteiger partial charge in [-0.2, -0.15) is 0 Å². The van der Waals surface area contributed by atoms with Gasteiger partial charge in [-0.05, 0) is 40.8 Å². The molecule has 2 aliphatic rings. The second kappa shape index (κ2) is 3.89. The summed E-state index contributed by atoms with van der Waals surface area (Å²) in [4.78, 5) is 11.9. The van der Waals surface area contributed by atoms with Gasteiger partial charge in [0.2, 0.25) is 5.91 Å². The largest absolute Gasteiger partial charge is 0.378 e. The molecule has 2 heterocycles. The number of hydrogen-bond donors (Lipinski definition) is 2. The van der Waals surface area contributed by atoms with Crippen LogP contribution in [0.1, 0.15) is 0 Å². The van der Waals surface area contributed by atoms with Crippen LogP contribution in [0.25, 0.3) is 0 Å². The van der Waals surface area contributed by atoms with Crippen LogP contribution in [0.5, 0.6) is 0 Å². The quantitative estimate of drug-likeness (QED) is 0.712. The van der Waals surface area contributed by atoms with E-state index < -0.39 is 0 Å². The Hall–Kier alpha value is -0.820. The number of halogens is 1. The van der Waals surface area contributed by atoms with E-state index >= 15 is 0 Å². The smallest absolute Gasteiger partial charge is 0.232 e. The number of amides is 1. The van der Waals surface area contributed by atoms with Gasteiger partial charge in [0, 0.05) is 3.57 Å². The second-order valence-electron chi connectivity index (χ2n) is 4.07. The fourth-order valence-corrected chi connectivity index (χ4v) is 2.62. The minimum Gasteiger partial charge on any atom is -0.378 e. The summed E-state index contributed by atoms with van der Waals surface area (Å²) >= 11 is 2.24. The van der Waals surface area contributed by atoms with Crippen LogP contribution in [-0.4, -0.2) is 25.2 Å². The number of carbonyl (C=O) groups excluding carboxylic acids is 1. The lowest BCUT2D eigenvalue weighted by Gasteiger charge is -2.14. The normalized spacial score (nSPS) is 27.4.